The van der Waals surface area contributed by atoms with Crippen LogP contribution in [0.15, 0.2) is 42.6 Å². The fraction of sp³-hybridized carbons (Fsp3) is 0.417. The lowest BCUT2D eigenvalue weighted by Gasteiger charge is -2.22. The molecule has 1 aromatic heterocycles. The summed E-state index contributed by atoms with van der Waals surface area (Å²) in [6.07, 6.45) is 0.386. The van der Waals surface area contributed by atoms with Crippen LogP contribution in [0.5, 0.6) is 11.5 Å². The first-order valence-electron chi connectivity index (χ1n) is 10.8. The molecule has 6 nitrogen and oxygen atoms in total. The fourth-order valence-electron chi connectivity index (χ4n) is 3.52. The van der Waals surface area contributed by atoms with Gasteiger partial charge >= 0.3 is 6.18 Å². The topological polar surface area (TPSA) is 54.9 Å². The molecule has 1 saturated heterocycles. The Morgan fingerprint density at radius 2 is 1.88 bits per heavy atom. The van der Waals surface area contributed by atoms with Gasteiger partial charge in [-0.25, -0.2) is 4.98 Å². The standard InChI is InChI=1S/C24H28F3N3O3/c1-17(2)33-20-8-5-18(15-21(20)32-3)6-10-23(31)30-12-4-11-29(13-14-30)22-9-7-19(16-28-22)24(25,26)27/h5-10,15-17H,4,11-14H2,1-3H3/b10-6+. The van der Waals surface area contributed by atoms with E-state index in [0.717, 1.165) is 17.8 Å². The molecule has 0 unspecified atom stereocenters. The van der Waals surface area contributed by atoms with Crippen LogP contribution in [0.1, 0.15) is 31.4 Å². The molecule has 1 amide bonds. The lowest BCUT2D eigenvalue weighted by atomic mass is 10.2. The van der Waals surface area contributed by atoms with E-state index in [-0.39, 0.29) is 12.0 Å². The highest BCUT2D eigenvalue weighted by molar-refractivity contribution is 5.92. The molecule has 3 rings (SSSR count). The van der Waals surface area contributed by atoms with Gasteiger partial charge in [0.05, 0.1) is 18.8 Å². The zero-order valence-electron chi connectivity index (χ0n) is 18.9. The first-order valence-corrected chi connectivity index (χ1v) is 10.8. The van der Waals surface area contributed by atoms with Crippen LogP contribution in [0.2, 0.25) is 0 Å². The number of ether oxygens (including phenoxy) is 2. The van der Waals surface area contributed by atoms with Gasteiger partial charge in [-0.3, -0.25) is 4.79 Å². The molecular formula is C24H28F3N3O3. The summed E-state index contributed by atoms with van der Waals surface area (Å²) in [5, 5.41) is 0. The Bertz CT molecular complexity index is 975. The molecule has 2 aromatic rings. The van der Waals surface area contributed by atoms with E-state index in [1.165, 1.54) is 12.1 Å². The van der Waals surface area contributed by atoms with Crippen molar-refractivity contribution < 1.29 is 27.4 Å². The normalized spacial score (nSPS) is 15.1. The number of aromatic nitrogens is 1. The van der Waals surface area contributed by atoms with E-state index in [2.05, 4.69) is 4.98 Å². The number of pyridine rings is 1. The van der Waals surface area contributed by atoms with Crippen molar-refractivity contribution in [3.05, 3.63) is 53.7 Å². The monoisotopic (exact) mass is 463 g/mol. The van der Waals surface area contributed by atoms with Crippen LogP contribution in [0.25, 0.3) is 6.08 Å². The van der Waals surface area contributed by atoms with Crippen LogP contribution >= 0.6 is 0 Å². The van der Waals surface area contributed by atoms with Crippen LogP contribution < -0.4 is 14.4 Å². The number of amides is 1. The molecular weight excluding hydrogens is 435 g/mol. The van der Waals surface area contributed by atoms with Crippen molar-refractivity contribution in [2.45, 2.75) is 32.5 Å². The molecule has 1 aliphatic heterocycles. The maximum absolute atomic E-state index is 12.8. The van der Waals surface area contributed by atoms with Crippen molar-refractivity contribution in [3.63, 3.8) is 0 Å². The number of alkyl halides is 3. The highest BCUT2D eigenvalue weighted by Gasteiger charge is 2.31. The number of anilines is 1. The third-order valence-corrected chi connectivity index (χ3v) is 5.18. The zero-order chi connectivity index (χ0) is 24.0. The van der Waals surface area contributed by atoms with Gasteiger partial charge in [0.25, 0.3) is 0 Å². The largest absolute Gasteiger partial charge is 0.493 e. The van der Waals surface area contributed by atoms with Gasteiger partial charge in [0.1, 0.15) is 5.82 Å². The molecule has 1 fully saturated rings. The Morgan fingerprint density at radius 1 is 1.09 bits per heavy atom. The van der Waals surface area contributed by atoms with Crippen LogP contribution in [0.3, 0.4) is 0 Å². The van der Waals surface area contributed by atoms with Gasteiger partial charge in [-0.05, 0) is 56.2 Å². The van der Waals surface area contributed by atoms with E-state index in [1.807, 2.05) is 36.9 Å². The predicted octanol–water partition coefficient (Wildman–Crippen LogP) is 4.65. The van der Waals surface area contributed by atoms with Crippen LogP contribution in [-0.4, -0.2) is 55.2 Å². The minimum Gasteiger partial charge on any atom is -0.493 e. The molecule has 1 aromatic carbocycles. The van der Waals surface area contributed by atoms with Gasteiger partial charge in [-0.1, -0.05) is 6.07 Å². The Labute approximate surface area is 191 Å². The number of carbonyl (C=O) groups excluding carboxylic acids is 1. The summed E-state index contributed by atoms with van der Waals surface area (Å²) < 4.78 is 49.4. The van der Waals surface area contributed by atoms with Gasteiger partial charge in [0.15, 0.2) is 11.5 Å². The third kappa shape index (κ3) is 6.63. The molecule has 0 atom stereocenters. The second-order valence-corrected chi connectivity index (χ2v) is 7.98. The SMILES string of the molecule is COc1cc(/C=C/C(=O)N2CCCN(c3ccc(C(F)(F)F)cn3)CC2)ccc1OC(C)C. The molecule has 0 radical (unpaired) electrons. The number of nitrogens with zero attached hydrogens (tertiary/aromatic N) is 3. The Kier molecular flexibility index (Phi) is 7.84. The summed E-state index contributed by atoms with van der Waals surface area (Å²) in [4.78, 5) is 20.3. The van der Waals surface area contributed by atoms with Crippen molar-refractivity contribution in [2.24, 2.45) is 0 Å². The molecule has 0 N–H and O–H groups in total. The van der Waals surface area contributed by atoms with Crippen molar-refractivity contribution in [1.29, 1.82) is 0 Å². The second-order valence-electron chi connectivity index (χ2n) is 7.98. The summed E-state index contributed by atoms with van der Waals surface area (Å²) >= 11 is 0. The smallest absolute Gasteiger partial charge is 0.417 e. The molecule has 178 valence electrons. The van der Waals surface area contributed by atoms with Gasteiger partial charge in [0, 0.05) is 38.5 Å². The first kappa shape index (κ1) is 24.4. The number of hydrogen-bond donors (Lipinski definition) is 0. The van der Waals surface area contributed by atoms with E-state index in [0.29, 0.717) is 49.9 Å². The van der Waals surface area contributed by atoms with Gasteiger partial charge in [-0.2, -0.15) is 13.2 Å². The molecule has 0 bridgehead atoms. The molecule has 0 aliphatic carbocycles. The Hall–Kier alpha value is -3.23. The molecule has 0 spiro atoms. The molecule has 33 heavy (non-hydrogen) atoms. The van der Waals surface area contributed by atoms with Crippen molar-refractivity contribution in [1.82, 2.24) is 9.88 Å². The quantitative estimate of drug-likeness (QED) is 0.584. The van der Waals surface area contributed by atoms with Crippen LogP contribution in [0, 0.1) is 0 Å². The average Bonchev–Trinajstić information content (AvgIpc) is 3.04. The fourth-order valence-corrected chi connectivity index (χ4v) is 3.52. The van der Waals surface area contributed by atoms with E-state index >= 15 is 0 Å². The van der Waals surface area contributed by atoms with Gasteiger partial charge < -0.3 is 19.3 Å². The van der Waals surface area contributed by atoms with E-state index in [9.17, 15) is 18.0 Å². The summed E-state index contributed by atoms with van der Waals surface area (Å²) in [6, 6.07) is 7.88. The minimum atomic E-state index is -4.41. The predicted molar refractivity (Wildman–Crippen MR) is 120 cm³/mol. The maximum atomic E-state index is 12.8. The van der Waals surface area contributed by atoms with Gasteiger partial charge in [0.2, 0.25) is 5.91 Å². The Morgan fingerprint density at radius 3 is 2.52 bits per heavy atom. The minimum absolute atomic E-state index is 0.0160. The van der Waals surface area contributed by atoms with Crippen molar-refractivity contribution in [2.75, 3.05) is 38.2 Å². The molecule has 1 aliphatic rings. The summed E-state index contributed by atoms with van der Waals surface area (Å²) in [6.45, 7) is 5.98. The first-order chi connectivity index (χ1) is 15.7. The highest BCUT2D eigenvalue weighted by atomic mass is 19.4. The van der Waals surface area contributed by atoms with E-state index in [1.54, 1.807) is 18.1 Å². The van der Waals surface area contributed by atoms with E-state index < -0.39 is 11.7 Å². The highest BCUT2D eigenvalue weighted by Crippen LogP contribution is 2.30. The average molecular weight is 464 g/mol. The van der Waals surface area contributed by atoms with Crippen LogP contribution in [0.4, 0.5) is 19.0 Å². The molecule has 0 saturated carbocycles. The second kappa shape index (κ2) is 10.6. The number of hydrogen-bond acceptors (Lipinski definition) is 5. The molecule has 9 heteroatoms. The third-order valence-electron chi connectivity index (χ3n) is 5.18. The number of benzene rings is 1. The molecule has 2 heterocycles. The van der Waals surface area contributed by atoms with Crippen molar-refractivity contribution in [3.8, 4) is 11.5 Å². The maximum Gasteiger partial charge on any atom is 0.417 e. The van der Waals surface area contributed by atoms with E-state index in [4.69, 9.17) is 9.47 Å². The summed E-state index contributed by atoms with van der Waals surface area (Å²) in [5.41, 5.74) is 0.0325. The zero-order valence-corrected chi connectivity index (χ0v) is 18.9. The van der Waals surface area contributed by atoms with Crippen molar-refractivity contribution >= 4 is 17.8 Å². The number of methoxy groups -OCH3 is 1. The lowest BCUT2D eigenvalue weighted by Crippen LogP contribution is -2.34. The van der Waals surface area contributed by atoms with Crippen LogP contribution in [-0.2, 0) is 11.0 Å². The summed E-state index contributed by atoms with van der Waals surface area (Å²) in [7, 11) is 1.57. The van der Waals surface area contributed by atoms with Gasteiger partial charge in [-0.15, -0.1) is 0 Å². The number of halogens is 3. The number of rotatable bonds is 6. The summed E-state index contributed by atoms with van der Waals surface area (Å²) in [5.74, 6) is 1.58. The number of carbonyl (C=O) groups is 1. The lowest BCUT2D eigenvalue weighted by molar-refractivity contribution is -0.137. The Balaban J connectivity index is 1.61.